The van der Waals surface area contributed by atoms with Crippen molar-refractivity contribution in [3.05, 3.63) is 58.1 Å². The first kappa shape index (κ1) is 24.6. The van der Waals surface area contributed by atoms with Gasteiger partial charge < -0.3 is 24.9 Å². The number of alkyl halides is 2. The molecule has 5 heterocycles. The SMILES string of the molecule is CNc1cc(F)c(F)c2c1[nH]c1ncc(-c3cnc4c(c3)c(=O)c(C(=O)O)cn4C)c(N3CCC(F)(F)C3)c12. The van der Waals surface area contributed by atoms with Crippen LogP contribution < -0.4 is 15.6 Å². The normalized spacial score (nSPS) is 15.1. The van der Waals surface area contributed by atoms with Gasteiger partial charge in [-0.25, -0.2) is 32.3 Å². The van der Waals surface area contributed by atoms with Gasteiger partial charge in [-0.2, -0.15) is 0 Å². The first-order valence-corrected chi connectivity index (χ1v) is 11.9. The van der Waals surface area contributed by atoms with Crippen molar-refractivity contribution >= 4 is 50.3 Å². The van der Waals surface area contributed by atoms with Gasteiger partial charge in [0.15, 0.2) is 11.6 Å². The highest BCUT2D eigenvalue weighted by molar-refractivity contribution is 6.18. The van der Waals surface area contributed by atoms with E-state index in [1.165, 1.54) is 42.0 Å². The van der Waals surface area contributed by atoms with Crippen molar-refractivity contribution in [1.82, 2.24) is 19.5 Å². The quantitative estimate of drug-likeness (QED) is 0.288. The number of halogens is 4. The Morgan fingerprint density at radius 3 is 2.62 bits per heavy atom. The Hall–Kier alpha value is -4.68. The van der Waals surface area contributed by atoms with E-state index < -0.39 is 47.5 Å². The maximum Gasteiger partial charge on any atom is 0.341 e. The van der Waals surface area contributed by atoms with Gasteiger partial charge in [-0.05, 0) is 6.07 Å². The van der Waals surface area contributed by atoms with Crippen LogP contribution in [0.25, 0.3) is 44.1 Å². The minimum absolute atomic E-state index is 0.0127. The molecule has 0 saturated carbocycles. The minimum atomic E-state index is -3.02. The summed E-state index contributed by atoms with van der Waals surface area (Å²) in [5, 5.41) is 12.2. The third kappa shape index (κ3) is 3.67. The number of aryl methyl sites for hydroxylation is 1. The van der Waals surface area contributed by atoms with Gasteiger partial charge in [0.25, 0.3) is 5.92 Å². The Balaban J connectivity index is 1.72. The topological polar surface area (TPSA) is 116 Å². The lowest BCUT2D eigenvalue weighted by molar-refractivity contribution is 0.0257. The molecule has 0 amide bonds. The summed E-state index contributed by atoms with van der Waals surface area (Å²) in [6.07, 6.45) is 3.49. The number of rotatable bonds is 4. The van der Waals surface area contributed by atoms with E-state index in [4.69, 9.17) is 0 Å². The maximum atomic E-state index is 15.3. The summed E-state index contributed by atoms with van der Waals surface area (Å²) in [7, 11) is 3.07. The minimum Gasteiger partial charge on any atom is -0.477 e. The van der Waals surface area contributed by atoms with E-state index in [0.717, 1.165) is 12.3 Å². The number of H-pyrrole nitrogens is 1. The molecule has 0 bridgehead atoms. The molecular weight excluding hydrogens is 520 g/mol. The van der Waals surface area contributed by atoms with Gasteiger partial charge in [0.1, 0.15) is 16.9 Å². The molecular formula is C26H20F4N6O3. The number of aromatic carboxylic acids is 1. The summed E-state index contributed by atoms with van der Waals surface area (Å²) >= 11 is 0. The third-order valence-electron chi connectivity index (χ3n) is 7.07. The molecule has 0 spiro atoms. The number of hydrogen-bond acceptors (Lipinski definition) is 6. The van der Waals surface area contributed by atoms with Gasteiger partial charge in [-0.3, -0.25) is 4.79 Å². The second kappa shape index (κ2) is 8.41. The monoisotopic (exact) mass is 540 g/mol. The zero-order chi connectivity index (χ0) is 27.8. The van der Waals surface area contributed by atoms with Gasteiger partial charge in [0, 0.05) is 62.8 Å². The van der Waals surface area contributed by atoms with Gasteiger partial charge in [0.2, 0.25) is 5.43 Å². The molecule has 39 heavy (non-hydrogen) atoms. The number of anilines is 2. The second-order valence-corrected chi connectivity index (χ2v) is 9.50. The van der Waals surface area contributed by atoms with Crippen LogP contribution in [0.3, 0.4) is 0 Å². The summed E-state index contributed by atoms with van der Waals surface area (Å²) in [5.41, 5.74) is 0.252. The fraction of sp³-hybridized carbons (Fsp3) is 0.231. The summed E-state index contributed by atoms with van der Waals surface area (Å²) < 4.78 is 60.2. The number of aromatic nitrogens is 4. The fourth-order valence-electron chi connectivity index (χ4n) is 5.27. The number of pyridine rings is 3. The highest BCUT2D eigenvalue weighted by Gasteiger charge is 2.40. The second-order valence-electron chi connectivity index (χ2n) is 9.50. The van der Waals surface area contributed by atoms with E-state index in [1.54, 1.807) is 0 Å². The summed E-state index contributed by atoms with van der Waals surface area (Å²) in [5.74, 6) is -6.74. The highest BCUT2D eigenvalue weighted by atomic mass is 19.3. The van der Waals surface area contributed by atoms with Crippen LogP contribution in [0.2, 0.25) is 0 Å². The number of fused-ring (bicyclic) bond motifs is 4. The van der Waals surface area contributed by atoms with Crippen molar-refractivity contribution in [2.45, 2.75) is 12.3 Å². The van der Waals surface area contributed by atoms with Crippen LogP contribution >= 0.6 is 0 Å². The van der Waals surface area contributed by atoms with Crippen LogP contribution in [0.4, 0.5) is 28.9 Å². The van der Waals surface area contributed by atoms with Crippen molar-refractivity contribution in [2.24, 2.45) is 7.05 Å². The number of carbonyl (C=O) groups is 1. The Kier molecular flexibility index (Phi) is 5.32. The molecule has 0 atom stereocenters. The molecule has 5 aromatic rings. The zero-order valence-electron chi connectivity index (χ0n) is 20.6. The number of carboxylic acid groups (broad SMARTS) is 1. The van der Waals surface area contributed by atoms with Crippen LogP contribution in [0.1, 0.15) is 16.8 Å². The summed E-state index contributed by atoms with van der Waals surface area (Å²) in [6.45, 7) is -0.749. The maximum absolute atomic E-state index is 15.3. The molecule has 1 saturated heterocycles. The molecule has 9 nitrogen and oxygen atoms in total. The molecule has 13 heteroatoms. The Bertz CT molecular complexity index is 1920. The number of nitrogens with one attached hydrogen (secondary N) is 2. The number of aromatic amines is 1. The first-order chi connectivity index (χ1) is 18.5. The summed E-state index contributed by atoms with van der Waals surface area (Å²) in [6, 6.07) is 2.39. The average molecular weight is 540 g/mol. The van der Waals surface area contributed by atoms with Gasteiger partial charge in [0.05, 0.1) is 39.6 Å². The standard InChI is InChI=1S/C26H20F4N6O3/c1-31-16-6-15(27)19(28)17-18-21(36-4-3-26(29,30)10-36)13(8-32-23(18)34-20(16)17)11-5-12-22(37)14(25(38)39)9-35(2)24(12)33-7-11/h5-9,31H,3-4,10H2,1-2H3,(H,32,34)(H,38,39). The summed E-state index contributed by atoms with van der Waals surface area (Å²) in [4.78, 5) is 37.6. The molecule has 200 valence electrons. The molecule has 1 aromatic carbocycles. The average Bonchev–Trinajstić information content (AvgIpc) is 3.47. The Morgan fingerprint density at radius 2 is 1.95 bits per heavy atom. The van der Waals surface area contributed by atoms with E-state index in [9.17, 15) is 27.9 Å². The van der Waals surface area contributed by atoms with Crippen molar-refractivity contribution in [3.8, 4) is 11.1 Å². The van der Waals surface area contributed by atoms with E-state index in [-0.39, 0.29) is 62.0 Å². The molecule has 1 aliphatic heterocycles. The van der Waals surface area contributed by atoms with E-state index in [1.807, 2.05) is 0 Å². The fourth-order valence-corrected chi connectivity index (χ4v) is 5.27. The van der Waals surface area contributed by atoms with Crippen molar-refractivity contribution < 1.29 is 27.5 Å². The van der Waals surface area contributed by atoms with Crippen LogP contribution in [0.15, 0.2) is 35.5 Å². The van der Waals surface area contributed by atoms with Gasteiger partial charge in [-0.1, -0.05) is 0 Å². The van der Waals surface area contributed by atoms with Crippen molar-refractivity contribution in [1.29, 1.82) is 0 Å². The van der Waals surface area contributed by atoms with Crippen LogP contribution in [0.5, 0.6) is 0 Å². The Morgan fingerprint density at radius 1 is 1.18 bits per heavy atom. The van der Waals surface area contributed by atoms with Gasteiger partial charge >= 0.3 is 5.97 Å². The molecule has 6 rings (SSSR count). The molecule has 1 fully saturated rings. The first-order valence-electron chi connectivity index (χ1n) is 11.9. The lowest BCUT2D eigenvalue weighted by atomic mass is 10.0. The van der Waals surface area contributed by atoms with Crippen molar-refractivity contribution in [2.75, 3.05) is 30.4 Å². The highest BCUT2D eigenvalue weighted by Crippen LogP contribution is 2.45. The van der Waals surface area contributed by atoms with E-state index in [2.05, 4.69) is 20.3 Å². The Labute approximate surface area is 216 Å². The van der Waals surface area contributed by atoms with E-state index >= 15 is 4.39 Å². The van der Waals surface area contributed by atoms with Crippen LogP contribution in [-0.4, -0.2) is 56.7 Å². The van der Waals surface area contributed by atoms with Crippen LogP contribution in [0, 0.1) is 11.6 Å². The number of nitrogens with zero attached hydrogens (tertiary/aromatic N) is 4. The molecule has 4 aromatic heterocycles. The largest absolute Gasteiger partial charge is 0.477 e. The lowest BCUT2D eigenvalue weighted by Gasteiger charge is -2.23. The molecule has 0 unspecified atom stereocenters. The predicted molar refractivity (Wildman–Crippen MR) is 138 cm³/mol. The molecule has 3 N–H and O–H groups in total. The molecule has 1 aliphatic rings. The van der Waals surface area contributed by atoms with E-state index in [0.29, 0.717) is 0 Å². The smallest absolute Gasteiger partial charge is 0.341 e. The van der Waals surface area contributed by atoms with Crippen molar-refractivity contribution in [3.63, 3.8) is 0 Å². The molecule has 0 radical (unpaired) electrons. The molecule has 0 aliphatic carbocycles. The lowest BCUT2D eigenvalue weighted by Crippen LogP contribution is -2.25. The number of hydrogen-bond donors (Lipinski definition) is 3. The number of carboxylic acids is 1. The van der Waals surface area contributed by atoms with Gasteiger partial charge in [-0.15, -0.1) is 0 Å². The third-order valence-corrected chi connectivity index (χ3v) is 7.07. The zero-order valence-corrected chi connectivity index (χ0v) is 20.6. The number of benzene rings is 1. The van der Waals surface area contributed by atoms with Crippen LogP contribution in [-0.2, 0) is 7.05 Å². The predicted octanol–water partition coefficient (Wildman–Crippen LogP) is 4.49.